The first-order valence-corrected chi connectivity index (χ1v) is 14.5. The lowest BCUT2D eigenvalue weighted by molar-refractivity contribution is -0.138. The summed E-state index contributed by atoms with van der Waals surface area (Å²) < 4.78 is 13.1. The fraction of sp³-hybridized carbons (Fsp3) is 0.179. The zero-order valence-corrected chi connectivity index (χ0v) is 25.3. The third kappa shape index (κ3) is 5.43. The molecule has 0 unspecified atom stereocenters. The number of aliphatic hydroxyl groups excluding tert-OH is 1. The summed E-state index contributed by atoms with van der Waals surface area (Å²) in [6.45, 7) is -1.96. The monoisotopic (exact) mass is 664 g/mol. The number of nitriles is 2. The number of aromatic nitrogens is 3. The molecule has 5 rings (SSSR count). The normalized spacial score (nSPS) is 14.9. The number of allylic oxidation sites excluding steroid dienone is 1. The van der Waals surface area contributed by atoms with Crippen LogP contribution in [0.25, 0.3) is 11.6 Å². The number of anilines is 1. The molecule has 0 spiro atoms. The summed E-state index contributed by atoms with van der Waals surface area (Å²) in [5.41, 5.74) is -2.80. The zero-order valence-electron chi connectivity index (χ0n) is 23.7. The van der Waals surface area contributed by atoms with E-state index in [1.54, 1.807) is 42.3 Å². The molecular weight excluding hydrogens is 644 g/mol. The number of rotatable bonds is 6. The van der Waals surface area contributed by atoms with E-state index in [4.69, 9.17) is 9.15 Å². The number of carboxylic acid groups (broad SMARTS) is 2. The second-order valence-corrected chi connectivity index (χ2v) is 11.6. The molecule has 0 atom stereocenters. The Morgan fingerprint density at radius 3 is 2.20 bits per heavy atom. The predicted molar refractivity (Wildman–Crippen MR) is 160 cm³/mol. The Bertz CT molecular complexity index is 2570. The van der Waals surface area contributed by atoms with Crippen LogP contribution in [0.1, 0.15) is 5.56 Å². The number of ether oxygens (including phenoxy) is 1. The van der Waals surface area contributed by atoms with E-state index in [2.05, 4.69) is 0 Å². The summed E-state index contributed by atoms with van der Waals surface area (Å²) in [6.07, 6.45) is 2.84. The number of carboxylic acids is 2. The molecule has 0 saturated carbocycles. The number of aliphatic carboxylic acids is 2. The van der Waals surface area contributed by atoms with Crippen LogP contribution < -0.4 is 36.4 Å². The van der Waals surface area contributed by atoms with Gasteiger partial charge < -0.3 is 29.4 Å². The fourth-order valence-corrected chi connectivity index (χ4v) is 6.80. The molecule has 4 heterocycles. The molecule has 1 aliphatic rings. The quantitative estimate of drug-likeness (QED) is 0.225. The molecule has 0 amide bonds. The van der Waals surface area contributed by atoms with Crippen molar-refractivity contribution < 1.29 is 34.1 Å². The molecule has 0 bridgehead atoms. The van der Waals surface area contributed by atoms with Crippen molar-refractivity contribution in [3.8, 4) is 17.9 Å². The second kappa shape index (κ2) is 12.2. The van der Waals surface area contributed by atoms with Crippen molar-refractivity contribution >= 4 is 51.9 Å². The third-order valence-corrected chi connectivity index (χ3v) is 9.14. The molecule has 0 aliphatic carbocycles. The van der Waals surface area contributed by atoms with Gasteiger partial charge in [-0.2, -0.15) is 10.5 Å². The van der Waals surface area contributed by atoms with Crippen LogP contribution in [0, 0.1) is 41.9 Å². The van der Waals surface area contributed by atoms with Gasteiger partial charge in [-0.3, -0.25) is 37.7 Å². The topological polar surface area (TPSA) is 234 Å². The van der Waals surface area contributed by atoms with Crippen LogP contribution in [-0.4, -0.2) is 48.0 Å². The van der Waals surface area contributed by atoms with Gasteiger partial charge in [0.05, 0.1) is 16.8 Å². The van der Waals surface area contributed by atoms with Crippen molar-refractivity contribution in [1.29, 1.82) is 10.5 Å². The van der Waals surface area contributed by atoms with Gasteiger partial charge in [0.1, 0.15) is 39.1 Å². The molecule has 0 radical (unpaired) electrons. The highest BCUT2D eigenvalue weighted by atomic mass is 32.1. The summed E-state index contributed by atoms with van der Waals surface area (Å²) in [5, 5.41) is 47.0. The summed E-state index contributed by atoms with van der Waals surface area (Å²) in [4.78, 5) is 65.2. The minimum Gasteiger partial charge on any atom is -0.480 e. The van der Waals surface area contributed by atoms with Crippen molar-refractivity contribution in [2.24, 2.45) is 7.05 Å². The largest absolute Gasteiger partial charge is 0.480 e. The number of hydrogen-bond donors (Lipinski definition) is 3. The van der Waals surface area contributed by atoms with Crippen LogP contribution in [0.4, 0.5) is 5.69 Å². The van der Waals surface area contributed by atoms with E-state index in [0.717, 1.165) is 20.5 Å². The SMILES string of the molecule is CN1/C(=C/C=c2s/c(=c3/s/c(=c4/oc(=C(C#N)C#N)n(C)c4=O)n(CC(=O)O)c3=O)n(CC(=O)O)c2=O)Oc2ccc(CO)cc21. The van der Waals surface area contributed by atoms with Gasteiger partial charge >= 0.3 is 11.9 Å². The Kier molecular flexibility index (Phi) is 8.35. The van der Waals surface area contributed by atoms with Gasteiger partial charge in [0.2, 0.25) is 11.0 Å². The van der Waals surface area contributed by atoms with Gasteiger partial charge in [0, 0.05) is 20.2 Å². The van der Waals surface area contributed by atoms with Crippen LogP contribution in [0.3, 0.4) is 0 Å². The van der Waals surface area contributed by atoms with Crippen LogP contribution >= 0.6 is 22.7 Å². The van der Waals surface area contributed by atoms with E-state index in [0.29, 0.717) is 38.8 Å². The van der Waals surface area contributed by atoms with Gasteiger partial charge in [-0.1, -0.05) is 6.07 Å². The summed E-state index contributed by atoms with van der Waals surface area (Å²) in [7, 11) is 2.91. The average Bonchev–Trinajstić information content (AvgIpc) is 3.70. The summed E-state index contributed by atoms with van der Waals surface area (Å²) >= 11 is 1.34. The minimum atomic E-state index is -1.46. The summed E-state index contributed by atoms with van der Waals surface area (Å²) in [5.74, 6) is -2.05. The molecule has 46 heavy (non-hydrogen) atoms. The molecule has 3 aromatic heterocycles. The molecule has 1 aliphatic heterocycles. The van der Waals surface area contributed by atoms with Crippen molar-refractivity contribution in [3.05, 3.63) is 96.1 Å². The maximum Gasteiger partial charge on any atom is 0.323 e. The number of carbonyl (C=O) groups is 2. The fourth-order valence-electron chi connectivity index (χ4n) is 4.50. The number of hydrogen-bond acceptors (Lipinski definition) is 13. The van der Waals surface area contributed by atoms with Gasteiger partial charge in [-0.25, -0.2) is 0 Å². The number of nitrogens with zero attached hydrogens (tertiary/aromatic N) is 6. The average molecular weight is 665 g/mol. The predicted octanol–water partition coefficient (Wildman–Crippen LogP) is -0.991. The molecule has 234 valence electrons. The van der Waals surface area contributed by atoms with E-state index < -0.39 is 58.2 Å². The van der Waals surface area contributed by atoms with Crippen molar-refractivity contribution in [2.75, 3.05) is 11.9 Å². The van der Waals surface area contributed by atoms with Crippen LogP contribution in [0.2, 0.25) is 0 Å². The van der Waals surface area contributed by atoms with Crippen molar-refractivity contribution in [1.82, 2.24) is 13.7 Å². The molecule has 16 nitrogen and oxygen atoms in total. The smallest absolute Gasteiger partial charge is 0.323 e. The Morgan fingerprint density at radius 2 is 1.59 bits per heavy atom. The molecule has 3 N–H and O–H groups in total. The molecule has 0 saturated heterocycles. The lowest BCUT2D eigenvalue weighted by atomic mass is 10.2. The zero-order chi connectivity index (χ0) is 33.4. The number of benzene rings is 1. The maximum atomic E-state index is 13.6. The maximum absolute atomic E-state index is 13.6. The van der Waals surface area contributed by atoms with Crippen LogP contribution in [-0.2, 0) is 36.3 Å². The highest BCUT2D eigenvalue weighted by Crippen LogP contribution is 2.38. The van der Waals surface area contributed by atoms with E-state index in [1.807, 2.05) is 0 Å². The van der Waals surface area contributed by atoms with Crippen LogP contribution in [0.15, 0.2) is 49.0 Å². The molecule has 1 aromatic carbocycles. The van der Waals surface area contributed by atoms with E-state index in [1.165, 1.54) is 19.2 Å². The molecule has 0 fully saturated rings. The Morgan fingerprint density at radius 1 is 0.935 bits per heavy atom. The first-order valence-electron chi connectivity index (χ1n) is 12.9. The van der Waals surface area contributed by atoms with Gasteiger partial charge in [-0.05, 0) is 23.8 Å². The van der Waals surface area contributed by atoms with E-state index >= 15 is 0 Å². The lowest BCUT2D eigenvalue weighted by Gasteiger charge is -2.10. The first-order chi connectivity index (χ1) is 21.9. The highest BCUT2D eigenvalue weighted by Gasteiger charge is 2.23. The van der Waals surface area contributed by atoms with E-state index in [-0.39, 0.29) is 25.0 Å². The Labute approximate surface area is 262 Å². The highest BCUT2D eigenvalue weighted by molar-refractivity contribution is 7.11. The number of aliphatic hydroxyl groups is 1. The van der Waals surface area contributed by atoms with Crippen molar-refractivity contribution in [2.45, 2.75) is 19.7 Å². The molecule has 18 heteroatoms. The number of fused-ring (bicyclic) bond motifs is 1. The van der Waals surface area contributed by atoms with Gasteiger partial charge in [0.15, 0.2) is 17.2 Å². The molecular formula is C28H20N6O10S2. The molecule has 4 aromatic rings. The number of thiazole rings is 2. The second-order valence-electron chi connectivity index (χ2n) is 9.57. The van der Waals surface area contributed by atoms with Crippen molar-refractivity contribution in [3.63, 3.8) is 0 Å². The van der Waals surface area contributed by atoms with Gasteiger partial charge in [0.25, 0.3) is 16.7 Å². The Balaban J connectivity index is 1.86. The number of oxazole rings is 1. The minimum absolute atomic E-state index is 0.00497. The van der Waals surface area contributed by atoms with Crippen LogP contribution in [0.5, 0.6) is 5.75 Å². The first kappa shape index (κ1) is 31.5. The van der Waals surface area contributed by atoms with Gasteiger partial charge in [-0.15, -0.1) is 22.7 Å². The van der Waals surface area contributed by atoms with E-state index in [9.17, 15) is 49.8 Å². The standard InChI is InChI=1S/C28H20N6O10S2/c1-31-15-7-13(12-35)3-4-16(15)43-18(31)6-5-17-23(40)33(10-19(36)37)28(45-17)22-25(42)34(11-20(38)39)27(46-22)21-24(41)32(2)26(44-21)14(8-29)9-30/h3-7,35H,10-12H2,1-2H3,(H,36,37)(H,38,39)/b17-5?,18-6-,27-21+,28-22+. The third-order valence-electron chi connectivity index (χ3n) is 6.70. The lowest BCUT2D eigenvalue weighted by Crippen LogP contribution is -2.30. The Hall–Kier alpha value is -5.95. The summed E-state index contributed by atoms with van der Waals surface area (Å²) in [6, 6.07) is 8.27.